The molecule has 0 atom stereocenters. The van der Waals surface area contributed by atoms with Crippen LogP contribution in [0.5, 0.6) is 5.75 Å². The van der Waals surface area contributed by atoms with Gasteiger partial charge in [-0.3, -0.25) is 20.4 Å². The molecule has 4 rings (SSSR count). The van der Waals surface area contributed by atoms with Crippen molar-refractivity contribution in [3.8, 4) is 5.75 Å². The first-order chi connectivity index (χ1) is 15.5. The number of hydrogen-bond acceptors (Lipinski definition) is 6. The standard InChI is InChI=1S/C24H27N3O4S/c1-15-20(16(2)31-27-15)14-30-19-10-8-17(9-11-19)12-23(28)25-26-24(29)22-13-18-6-4-3-5-7-21(18)32-22/h8-11,13H,3-7,12,14H2,1-2H3,(H,25,28)(H,26,29). The molecule has 2 N–H and O–H groups in total. The molecule has 1 aliphatic carbocycles. The fraction of sp³-hybridized carbons (Fsp3) is 0.375. The largest absolute Gasteiger partial charge is 0.489 e. The third kappa shape index (κ3) is 5.37. The molecule has 3 aromatic rings. The summed E-state index contributed by atoms with van der Waals surface area (Å²) in [6.07, 6.45) is 5.82. The van der Waals surface area contributed by atoms with Crippen LogP contribution in [0.3, 0.4) is 0 Å². The van der Waals surface area contributed by atoms with E-state index in [1.807, 2.05) is 44.2 Å². The van der Waals surface area contributed by atoms with Gasteiger partial charge in [0.15, 0.2) is 0 Å². The highest BCUT2D eigenvalue weighted by Gasteiger charge is 2.17. The fourth-order valence-corrected chi connectivity index (χ4v) is 4.91. The maximum Gasteiger partial charge on any atom is 0.279 e. The average molecular weight is 454 g/mol. The van der Waals surface area contributed by atoms with Gasteiger partial charge in [0.1, 0.15) is 18.1 Å². The number of aryl methyl sites for hydroxylation is 4. The molecule has 0 radical (unpaired) electrons. The van der Waals surface area contributed by atoms with Crippen molar-refractivity contribution < 1.29 is 18.8 Å². The first-order valence-electron chi connectivity index (χ1n) is 10.8. The first-order valence-corrected chi connectivity index (χ1v) is 11.7. The number of carbonyl (C=O) groups excluding carboxylic acids is 2. The molecule has 7 nitrogen and oxygen atoms in total. The van der Waals surface area contributed by atoms with E-state index in [-0.39, 0.29) is 18.2 Å². The topological polar surface area (TPSA) is 93.5 Å². The molecule has 1 aromatic carbocycles. The van der Waals surface area contributed by atoms with E-state index in [0.29, 0.717) is 17.2 Å². The molecular formula is C24H27N3O4S. The summed E-state index contributed by atoms with van der Waals surface area (Å²) in [4.78, 5) is 26.6. The number of carbonyl (C=O) groups is 2. The van der Waals surface area contributed by atoms with Crippen LogP contribution in [0.15, 0.2) is 34.9 Å². The predicted molar refractivity (Wildman–Crippen MR) is 122 cm³/mol. The monoisotopic (exact) mass is 453 g/mol. The Labute approximate surface area is 191 Å². The van der Waals surface area contributed by atoms with Crippen molar-refractivity contribution in [1.82, 2.24) is 16.0 Å². The number of thiophene rings is 1. The Morgan fingerprint density at radius 1 is 1.09 bits per heavy atom. The SMILES string of the molecule is Cc1noc(C)c1COc1ccc(CC(=O)NNC(=O)c2cc3c(s2)CCCCC3)cc1. The molecule has 168 valence electrons. The minimum Gasteiger partial charge on any atom is -0.489 e. The van der Waals surface area contributed by atoms with Crippen LogP contribution in [0.2, 0.25) is 0 Å². The van der Waals surface area contributed by atoms with Crippen molar-refractivity contribution in [2.75, 3.05) is 0 Å². The second-order valence-electron chi connectivity index (χ2n) is 8.03. The van der Waals surface area contributed by atoms with E-state index in [4.69, 9.17) is 9.26 Å². The average Bonchev–Trinajstić information content (AvgIpc) is 3.26. The van der Waals surface area contributed by atoms with Gasteiger partial charge in [0, 0.05) is 4.88 Å². The third-order valence-electron chi connectivity index (χ3n) is 5.64. The second kappa shape index (κ2) is 9.99. The van der Waals surface area contributed by atoms with Crippen LogP contribution >= 0.6 is 11.3 Å². The smallest absolute Gasteiger partial charge is 0.279 e. The van der Waals surface area contributed by atoms with Gasteiger partial charge in [0.2, 0.25) is 5.91 Å². The van der Waals surface area contributed by atoms with Crippen molar-refractivity contribution in [3.05, 3.63) is 68.2 Å². The number of hydrogen-bond donors (Lipinski definition) is 2. The van der Waals surface area contributed by atoms with Gasteiger partial charge in [-0.25, -0.2) is 0 Å². The van der Waals surface area contributed by atoms with E-state index in [9.17, 15) is 9.59 Å². The van der Waals surface area contributed by atoms with Crippen molar-refractivity contribution in [3.63, 3.8) is 0 Å². The second-order valence-corrected chi connectivity index (χ2v) is 9.17. The first kappa shape index (κ1) is 22.1. The van der Waals surface area contributed by atoms with Crippen molar-refractivity contribution in [1.29, 1.82) is 0 Å². The number of rotatable bonds is 6. The number of benzene rings is 1. The molecule has 1 aliphatic rings. The minimum atomic E-state index is -0.277. The Morgan fingerprint density at radius 2 is 1.88 bits per heavy atom. The summed E-state index contributed by atoms with van der Waals surface area (Å²) >= 11 is 1.53. The van der Waals surface area contributed by atoms with Gasteiger partial charge in [-0.15, -0.1) is 11.3 Å². The van der Waals surface area contributed by atoms with Gasteiger partial charge < -0.3 is 9.26 Å². The number of amides is 2. The highest BCUT2D eigenvalue weighted by molar-refractivity contribution is 7.14. The van der Waals surface area contributed by atoms with Crippen LogP contribution in [0.1, 0.15) is 62.0 Å². The van der Waals surface area contributed by atoms with E-state index >= 15 is 0 Å². The van der Waals surface area contributed by atoms with E-state index in [1.165, 1.54) is 41.0 Å². The molecular weight excluding hydrogens is 426 g/mol. The summed E-state index contributed by atoms with van der Waals surface area (Å²) in [6, 6.07) is 9.27. The summed E-state index contributed by atoms with van der Waals surface area (Å²) in [5, 5.41) is 3.92. The zero-order valence-electron chi connectivity index (χ0n) is 18.3. The number of nitrogens with zero attached hydrogens (tertiary/aromatic N) is 1. The number of hydrazine groups is 1. The highest BCUT2D eigenvalue weighted by atomic mass is 32.1. The van der Waals surface area contributed by atoms with Crippen LogP contribution in [0, 0.1) is 13.8 Å². The molecule has 0 aliphatic heterocycles. The molecule has 0 bridgehead atoms. The molecule has 8 heteroatoms. The Balaban J connectivity index is 1.24. The van der Waals surface area contributed by atoms with Crippen LogP contribution in [-0.4, -0.2) is 17.0 Å². The van der Waals surface area contributed by atoms with E-state index in [2.05, 4.69) is 16.0 Å². The normalized spacial score (nSPS) is 13.2. The highest BCUT2D eigenvalue weighted by Crippen LogP contribution is 2.28. The quantitative estimate of drug-likeness (QED) is 0.431. The molecule has 0 saturated carbocycles. The predicted octanol–water partition coefficient (Wildman–Crippen LogP) is 4.20. The molecule has 2 amide bonds. The van der Waals surface area contributed by atoms with Gasteiger partial charge in [-0.05, 0) is 68.9 Å². The number of ether oxygens (including phenoxy) is 1. The van der Waals surface area contributed by atoms with Gasteiger partial charge in [0.05, 0.1) is 22.6 Å². The molecule has 0 fully saturated rings. The maximum absolute atomic E-state index is 12.4. The lowest BCUT2D eigenvalue weighted by Crippen LogP contribution is -2.42. The third-order valence-corrected chi connectivity index (χ3v) is 6.87. The Hall–Kier alpha value is -3.13. The van der Waals surface area contributed by atoms with Crippen LogP contribution in [-0.2, 0) is 30.7 Å². The minimum absolute atomic E-state index is 0.158. The van der Waals surface area contributed by atoms with Crippen molar-refractivity contribution >= 4 is 23.2 Å². The molecule has 0 unspecified atom stereocenters. The van der Waals surface area contributed by atoms with Crippen molar-refractivity contribution in [2.45, 2.75) is 59.0 Å². The van der Waals surface area contributed by atoms with Crippen LogP contribution in [0.4, 0.5) is 0 Å². The Kier molecular flexibility index (Phi) is 6.90. The maximum atomic E-state index is 12.4. The van der Waals surface area contributed by atoms with E-state index < -0.39 is 0 Å². The Morgan fingerprint density at radius 3 is 2.62 bits per heavy atom. The van der Waals surface area contributed by atoms with Gasteiger partial charge >= 0.3 is 0 Å². The van der Waals surface area contributed by atoms with E-state index in [1.54, 1.807) is 0 Å². The molecule has 32 heavy (non-hydrogen) atoms. The fourth-order valence-electron chi connectivity index (χ4n) is 3.76. The summed E-state index contributed by atoms with van der Waals surface area (Å²) < 4.78 is 10.9. The zero-order chi connectivity index (χ0) is 22.5. The van der Waals surface area contributed by atoms with Crippen molar-refractivity contribution in [2.24, 2.45) is 0 Å². The lowest BCUT2D eigenvalue weighted by atomic mass is 10.1. The van der Waals surface area contributed by atoms with E-state index in [0.717, 1.165) is 35.4 Å². The molecule has 0 spiro atoms. The molecule has 0 saturated heterocycles. The lowest BCUT2D eigenvalue weighted by Gasteiger charge is -2.08. The summed E-state index contributed by atoms with van der Waals surface area (Å²) in [6.45, 7) is 4.11. The van der Waals surface area contributed by atoms with Crippen LogP contribution in [0.25, 0.3) is 0 Å². The molecule has 2 aromatic heterocycles. The van der Waals surface area contributed by atoms with Gasteiger partial charge in [0.25, 0.3) is 5.91 Å². The van der Waals surface area contributed by atoms with Gasteiger partial charge in [-0.1, -0.05) is 23.7 Å². The lowest BCUT2D eigenvalue weighted by molar-refractivity contribution is -0.121. The number of nitrogens with one attached hydrogen (secondary N) is 2. The number of aromatic nitrogens is 1. The summed E-state index contributed by atoms with van der Waals surface area (Å²) in [5.74, 6) is 0.899. The number of fused-ring (bicyclic) bond motifs is 1. The zero-order valence-corrected chi connectivity index (χ0v) is 19.1. The molecule has 2 heterocycles. The Bertz CT molecular complexity index is 1060. The van der Waals surface area contributed by atoms with Crippen LogP contribution < -0.4 is 15.6 Å². The van der Waals surface area contributed by atoms with Gasteiger partial charge in [-0.2, -0.15) is 0 Å². The summed E-state index contributed by atoms with van der Waals surface area (Å²) in [7, 11) is 0. The summed E-state index contributed by atoms with van der Waals surface area (Å²) in [5.41, 5.74) is 8.90.